The first kappa shape index (κ1) is 20.3. The first-order valence-corrected chi connectivity index (χ1v) is 11.6. The lowest BCUT2D eigenvalue weighted by atomic mass is 10.0. The topological polar surface area (TPSA) is 76.3 Å². The second-order valence-corrected chi connectivity index (χ2v) is 8.54. The molecule has 6 heteroatoms. The fourth-order valence-corrected chi connectivity index (χ4v) is 4.51. The lowest BCUT2D eigenvalue weighted by Crippen LogP contribution is -2.12. The molecule has 0 saturated heterocycles. The Morgan fingerprint density at radius 1 is 0.444 bits per heavy atom. The SMILES string of the molecule is c1ccc2cc(/C3=N/c4ccncc4/C(c4cc5ccccc5cn4)=N\c4ccncc43)ncc2c1. The van der Waals surface area contributed by atoms with Crippen LogP contribution in [0.3, 0.4) is 0 Å². The quantitative estimate of drug-likeness (QED) is 0.305. The zero-order valence-corrected chi connectivity index (χ0v) is 19.1. The minimum Gasteiger partial charge on any atom is -0.264 e. The maximum Gasteiger partial charge on any atom is 0.100 e. The lowest BCUT2D eigenvalue weighted by Gasteiger charge is -2.17. The number of hydrogen-bond acceptors (Lipinski definition) is 6. The first-order valence-electron chi connectivity index (χ1n) is 11.6. The van der Waals surface area contributed by atoms with Gasteiger partial charge in [-0.2, -0.15) is 0 Å². The molecule has 1 aliphatic rings. The van der Waals surface area contributed by atoms with Gasteiger partial charge in [0, 0.05) is 59.1 Å². The van der Waals surface area contributed by atoms with Crippen LogP contribution in [0.5, 0.6) is 0 Å². The van der Waals surface area contributed by atoms with Crippen molar-refractivity contribution in [1.29, 1.82) is 0 Å². The predicted molar refractivity (Wildman–Crippen MR) is 143 cm³/mol. The Morgan fingerprint density at radius 2 is 0.889 bits per heavy atom. The van der Waals surface area contributed by atoms with Crippen molar-refractivity contribution in [3.8, 4) is 0 Å². The third-order valence-electron chi connectivity index (χ3n) is 6.32. The molecule has 168 valence electrons. The molecule has 0 spiro atoms. The molecule has 1 aliphatic heterocycles. The van der Waals surface area contributed by atoms with Crippen molar-refractivity contribution in [3.05, 3.63) is 132 Å². The van der Waals surface area contributed by atoms with Gasteiger partial charge in [0.05, 0.1) is 22.8 Å². The maximum absolute atomic E-state index is 5.12. The van der Waals surface area contributed by atoms with Crippen LogP contribution in [0, 0.1) is 0 Å². The van der Waals surface area contributed by atoms with E-state index in [1.807, 2.05) is 48.8 Å². The van der Waals surface area contributed by atoms with Gasteiger partial charge < -0.3 is 0 Å². The second kappa shape index (κ2) is 8.29. The van der Waals surface area contributed by atoms with Crippen molar-refractivity contribution in [3.63, 3.8) is 0 Å². The van der Waals surface area contributed by atoms with Crippen LogP contribution in [0.25, 0.3) is 21.5 Å². The maximum atomic E-state index is 5.12. The number of aliphatic imine (C=N–C) groups is 2. The van der Waals surface area contributed by atoms with E-state index >= 15 is 0 Å². The Kier molecular flexibility index (Phi) is 4.67. The summed E-state index contributed by atoms with van der Waals surface area (Å²) in [6.07, 6.45) is 10.8. The smallest absolute Gasteiger partial charge is 0.100 e. The van der Waals surface area contributed by atoms with Crippen molar-refractivity contribution < 1.29 is 0 Å². The van der Waals surface area contributed by atoms with Gasteiger partial charge >= 0.3 is 0 Å². The van der Waals surface area contributed by atoms with Gasteiger partial charge in [0.2, 0.25) is 0 Å². The third-order valence-corrected chi connectivity index (χ3v) is 6.32. The predicted octanol–water partition coefficient (Wildman–Crippen LogP) is 6.22. The molecule has 6 aromatic rings. The van der Waals surface area contributed by atoms with E-state index in [4.69, 9.17) is 20.0 Å². The standard InChI is InChI=1S/C30H18N6/c1-3-7-21-15-33-27(13-19(21)5-1)29-23-17-31-11-9-25(23)36-30(24-18-32-12-10-26(24)35-29)28-14-20-6-2-4-8-22(20)16-34-28/h1-18H/b29-23?,30-24?,35-26?,35-29+,36-25?,36-30+. The van der Waals surface area contributed by atoms with Gasteiger partial charge in [0.15, 0.2) is 0 Å². The molecule has 6 nitrogen and oxygen atoms in total. The average Bonchev–Trinajstić information content (AvgIpc) is 2.94. The summed E-state index contributed by atoms with van der Waals surface area (Å²) < 4.78 is 0. The Morgan fingerprint density at radius 3 is 1.36 bits per heavy atom. The van der Waals surface area contributed by atoms with Crippen LogP contribution in [-0.2, 0) is 0 Å². The number of aromatic nitrogens is 4. The van der Waals surface area contributed by atoms with Gasteiger partial charge in [-0.05, 0) is 35.0 Å². The van der Waals surface area contributed by atoms with Gasteiger partial charge in [0.1, 0.15) is 11.4 Å². The van der Waals surface area contributed by atoms with Crippen molar-refractivity contribution in [2.75, 3.05) is 0 Å². The largest absolute Gasteiger partial charge is 0.264 e. The zero-order valence-electron chi connectivity index (χ0n) is 19.1. The highest BCUT2D eigenvalue weighted by Crippen LogP contribution is 2.32. The van der Waals surface area contributed by atoms with Crippen LogP contribution in [0.2, 0.25) is 0 Å². The normalized spacial score (nSPS) is 15.7. The van der Waals surface area contributed by atoms with Gasteiger partial charge in [-0.1, -0.05) is 48.5 Å². The van der Waals surface area contributed by atoms with Crippen molar-refractivity contribution >= 4 is 44.3 Å². The van der Waals surface area contributed by atoms with E-state index in [-0.39, 0.29) is 0 Å². The summed E-state index contributed by atoms with van der Waals surface area (Å²) in [5.74, 6) is 0. The molecule has 0 bridgehead atoms. The molecule has 0 unspecified atom stereocenters. The molecule has 36 heavy (non-hydrogen) atoms. The fourth-order valence-electron chi connectivity index (χ4n) is 4.51. The minimum atomic E-state index is 0.713. The fraction of sp³-hybridized carbons (Fsp3) is 0. The molecule has 5 heterocycles. The zero-order chi connectivity index (χ0) is 23.9. The van der Waals surface area contributed by atoms with E-state index in [0.29, 0.717) is 11.4 Å². The molecular formula is C30H18N6. The van der Waals surface area contributed by atoms with Crippen LogP contribution in [0.15, 0.2) is 120 Å². The highest BCUT2D eigenvalue weighted by atomic mass is 14.9. The van der Waals surface area contributed by atoms with Gasteiger partial charge in [-0.3, -0.25) is 19.9 Å². The number of fused-ring (bicyclic) bond motifs is 4. The minimum absolute atomic E-state index is 0.713. The Balaban J connectivity index is 1.48. The lowest BCUT2D eigenvalue weighted by molar-refractivity contribution is 1.23. The molecular weight excluding hydrogens is 444 g/mol. The van der Waals surface area contributed by atoms with Crippen molar-refractivity contribution in [1.82, 2.24) is 19.9 Å². The number of hydrogen-bond donors (Lipinski definition) is 0. The van der Waals surface area contributed by atoms with Gasteiger partial charge in [0.25, 0.3) is 0 Å². The molecule has 4 aromatic heterocycles. The van der Waals surface area contributed by atoms with Crippen LogP contribution in [0.4, 0.5) is 11.4 Å². The van der Waals surface area contributed by atoms with E-state index in [0.717, 1.165) is 55.4 Å². The summed E-state index contributed by atoms with van der Waals surface area (Å²) in [5.41, 5.74) is 6.05. The highest BCUT2D eigenvalue weighted by Gasteiger charge is 2.22. The van der Waals surface area contributed by atoms with E-state index in [2.05, 4.69) is 46.4 Å². The number of nitrogens with zero attached hydrogens (tertiary/aromatic N) is 6. The van der Waals surface area contributed by atoms with E-state index in [9.17, 15) is 0 Å². The second-order valence-electron chi connectivity index (χ2n) is 8.54. The van der Waals surface area contributed by atoms with Gasteiger partial charge in [-0.15, -0.1) is 0 Å². The van der Waals surface area contributed by atoms with E-state index < -0.39 is 0 Å². The number of rotatable bonds is 2. The molecule has 2 aromatic carbocycles. The summed E-state index contributed by atoms with van der Waals surface area (Å²) in [4.78, 5) is 28.5. The summed E-state index contributed by atoms with van der Waals surface area (Å²) in [6, 6.07) is 24.2. The third kappa shape index (κ3) is 3.44. The Hall–Kier alpha value is -5.10. The average molecular weight is 463 g/mol. The molecule has 0 amide bonds. The molecule has 7 rings (SSSR count). The summed E-state index contributed by atoms with van der Waals surface area (Å²) in [6.45, 7) is 0. The van der Waals surface area contributed by atoms with Crippen LogP contribution in [0.1, 0.15) is 22.5 Å². The Bertz CT molecular complexity index is 1720. The van der Waals surface area contributed by atoms with Crippen LogP contribution >= 0.6 is 0 Å². The molecule has 0 N–H and O–H groups in total. The molecule has 0 saturated carbocycles. The monoisotopic (exact) mass is 462 g/mol. The number of pyridine rings is 4. The first-order chi connectivity index (χ1) is 17.8. The van der Waals surface area contributed by atoms with Crippen molar-refractivity contribution in [2.45, 2.75) is 0 Å². The summed E-state index contributed by atoms with van der Waals surface area (Å²) in [7, 11) is 0. The molecule has 0 atom stereocenters. The van der Waals surface area contributed by atoms with E-state index in [1.54, 1.807) is 24.8 Å². The molecule has 0 fully saturated rings. The van der Waals surface area contributed by atoms with Gasteiger partial charge in [-0.25, -0.2) is 9.98 Å². The highest BCUT2D eigenvalue weighted by molar-refractivity contribution is 6.22. The molecule has 0 radical (unpaired) electrons. The summed E-state index contributed by atoms with van der Waals surface area (Å²) in [5, 5.41) is 4.34. The number of benzene rings is 2. The Labute approximate surface area is 206 Å². The van der Waals surface area contributed by atoms with E-state index in [1.165, 1.54) is 0 Å². The van der Waals surface area contributed by atoms with Crippen LogP contribution in [-0.4, -0.2) is 31.4 Å². The van der Waals surface area contributed by atoms with Crippen LogP contribution < -0.4 is 0 Å². The summed E-state index contributed by atoms with van der Waals surface area (Å²) >= 11 is 0. The van der Waals surface area contributed by atoms with Crippen molar-refractivity contribution in [2.24, 2.45) is 9.98 Å². The molecule has 0 aliphatic carbocycles.